The van der Waals surface area contributed by atoms with E-state index in [2.05, 4.69) is 17.5 Å². The Bertz CT molecular complexity index is 212. The predicted octanol–water partition coefficient (Wildman–Crippen LogP) is 0.619. The molecule has 60 valence electrons. The van der Waals surface area contributed by atoms with Crippen molar-refractivity contribution in [3.63, 3.8) is 0 Å². The molecule has 0 radical (unpaired) electrons. The van der Waals surface area contributed by atoms with Gasteiger partial charge in [-0.1, -0.05) is 12.2 Å². The number of nitrogens with two attached hydrogens (primary N) is 1. The second kappa shape index (κ2) is 2.26. The summed E-state index contributed by atoms with van der Waals surface area (Å²) in [6.07, 6.45) is 6.70. The molecule has 3 atom stereocenters. The Hall–Kier alpha value is -0.990. The highest BCUT2D eigenvalue weighted by Crippen LogP contribution is 2.38. The Morgan fingerprint density at radius 2 is 2.27 bits per heavy atom. The monoisotopic (exact) mass is 152 g/mol. The molecule has 0 heterocycles. The third-order valence-corrected chi connectivity index (χ3v) is 2.61. The smallest absolute Gasteiger partial charge is 0.312 e. The van der Waals surface area contributed by atoms with E-state index in [4.69, 9.17) is 5.73 Å². The van der Waals surface area contributed by atoms with Crippen LogP contribution in [-0.2, 0) is 0 Å². The van der Waals surface area contributed by atoms with Crippen molar-refractivity contribution in [1.29, 1.82) is 0 Å². The number of hydrogen-bond acceptors (Lipinski definition) is 1. The van der Waals surface area contributed by atoms with Gasteiger partial charge in [0.2, 0.25) is 0 Å². The van der Waals surface area contributed by atoms with Gasteiger partial charge < -0.3 is 11.1 Å². The minimum absolute atomic E-state index is 0.308. The third-order valence-electron chi connectivity index (χ3n) is 2.61. The lowest BCUT2D eigenvalue weighted by Gasteiger charge is -2.17. The van der Waals surface area contributed by atoms with Gasteiger partial charge in [-0.05, 0) is 24.7 Å². The number of carbonyl (C=O) groups is 1. The molecular formula is C8H12N2O. The average molecular weight is 152 g/mol. The number of urea groups is 1. The molecule has 2 bridgehead atoms. The Balaban J connectivity index is 1.98. The van der Waals surface area contributed by atoms with Crippen molar-refractivity contribution >= 4 is 6.03 Å². The van der Waals surface area contributed by atoms with E-state index in [0.29, 0.717) is 17.9 Å². The van der Waals surface area contributed by atoms with Crippen LogP contribution >= 0.6 is 0 Å². The molecule has 0 aromatic heterocycles. The van der Waals surface area contributed by atoms with Crippen LogP contribution in [0.2, 0.25) is 0 Å². The van der Waals surface area contributed by atoms with Crippen molar-refractivity contribution < 1.29 is 4.79 Å². The maximum atomic E-state index is 10.5. The SMILES string of the molecule is NC(=O)N[C@@H]1C[C@H]2C=C[C@@H]1C2. The summed E-state index contributed by atoms with van der Waals surface area (Å²) in [7, 11) is 0. The highest BCUT2D eigenvalue weighted by molar-refractivity contribution is 5.72. The lowest BCUT2D eigenvalue weighted by atomic mass is 10.0. The summed E-state index contributed by atoms with van der Waals surface area (Å²) in [6, 6.07) is -0.0848. The van der Waals surface area contributed by atoms with Crippen LogP contribution in [-0.4, -0.2) is 12.1 Å². The first-order valence-electron chi connectivity index (χ1n) is 4.00. The van der Waals surface area contributed by atoms with E-state index >= 15 is 0 Å². The number of allylic oxidation sites excluding steroid dienone is 1. The quantitative estimate of drug-likeness (QED) is 0.532. The third kappa shape index (κ3) is 1.11. The molecule has 0 unspecified atom stereocenters. The van der Waals surface area contributed by atoms with Crippen LogP contribution in [0.1, 0.15) is 12.8 Å². The fourth-order valence-electron chi connectivity index (χ4n) is 2.13. The molecule has 0 spiro atoms. The molecule has 0 aliphatic heterocycles. The fourth-order valence-corrected chi connectivity index (χ4v) is 2.13. The van der Waals surface area contributed by atoms with Gasteiger partial charge in [0.15, 0.2) is 0 Å². The predicted molar refractivity (Wildman–Crippen MR) is 41.9 cm³/mol. The standard InChI is InChI=1S/C8H12N2O/c9-8(11)10-7-4-5-1-2-6(7)3-5/h1-2,5-7H,3-4H2,(H3,9,10,11)/t5-,6+,7+/m0/s1. The maximum Gasteiger partial charge on any atom is 0.312 e. The Morgan fingerprint density at radius 1 is 1.45 bits per heavy atom. The normalized spacial score (nSPS) is 39.5. The number of amides is 2. The van der Waals surface area contributed by atoms with Crippen molar-refractivity contribution in [2.24, 2.45) is 17.6 Å². The van der Waals surface area contributed by atoms with Gasteiger partial charge in [0.05, 0.1) is 0 Å². The van der Waals surface area contributed by atoms with Crippen LogP contribution < -0.4 is 11.1 Å². The fraction of sp³-hybridized carbons (Fsp3) is 0.625. The molecular weight excluding hydrogens is 140 g/mol. The molecule has 3 heteroatoms. The molecule has 0 saturated heterocycles. The van der Waals surface area contributed by atoms with Gasteiger partial charge in [-0.3, -0.25) is 0 Å². The van der Waals surface area contributed by atoms with Crippen molar-refractivity contribution in [2.45, 2.75) is 18.9 Å². The van der Waals surface area contributed by atoms with Crippen molar-refractivity contribution in [2.75, 3.05) is 0 Å². The van der Waals surface area contributed by atoms with Crippen LogP contribution in [0.3, 0.4) is 0 Å². The number of carbonyl (C=O) groups excluding carboxylic acids is 1. The van der Waals surface area contributed by atoms with Gasteiger partial charge in [-0.15, -0.1) is 0 Å². The highest BCUT2D eigenvalue weighted by atomic mass is 16.2. The first kappa shape index (κ1) is 6.70. The first-order valence-corrected chi connectivity index (χ1v) is 4.00. The van der Waals surface area contributed by atoms with E-state index in [9.17, 15) is 4.79 Å². The summed E-state index contributed by atoms with van der Waals surface area (Å²) in [4.78, 5) is 10.5. The number of nitrogens with one attached hydrogen (secondary N) is 1. The van der Waals surface area contributed by atoms with E-state index in [1.807, 2.05) is 0 Å². The molecule has 0 aromatic rings. The Labute approximate surface area is 65.6 Å². The number of fused-ring (bicyclic) bond motifs is 2. The molecule has 1 fully saturated rings. The number of primary amides is 1. The van der Waals surface area contributed by atoms with Crippen molar-refractivity contribution in [3.05, 3.63) is 12.2 Å². The van der Waals surface area contributed by atoms with Gasteiger partial charge in [-0.25, -0.2) is 4.79 Å². The number of hydrogen-bond donors (Lipinski definition) is 2. The molecule has 3 N–H and O–H groups in total. The summed E-state index contributed by atoms with van der Waals surface area (Å²) >= 11 is 0. The maximum absolute atomic E-state index is 10.5. The van der Waals surface area contributed by atoms with Gasteiger partial charge in [0.1, 0.15) is 0 Å². The molecule has 2 rings (SSSR count). The molecule has 3 nitrogen and oxygen atoms in total. The second-order valence-corrected chi connectivity index (χ2v) is 3.40. The molecule has 2 aliphatic carbocycles. The van der Waals surface area contributed by atoms with E-state index < -0.39 is 6.03 Å². The van der Waals surface area contributed by atoms with E-state index in [-0.39, 0.29) is 0 Å². The van der Waals surface area contributed by atoms with Crippen LogP contribution in [0.4, 0.5) is 4.79 Å². The average Bonchev–Trinajstić information content (AvgIpc) is 2.45. The van der Waals surface area contributed by atoms with Crippen molar-refractivity contribution in [1.82, 2.24) is 5.32 Å². The summed E-state index contributed by atoms with van der Waals surface area (Å²) in [6.45, 7) is 0. The molecule has 1 saturated carbocycles. The lowest BCUT2D eigenvalue weighted by Crippen LogP contribution is -2.40. The highest BCUT2D eigenvalue weighted by Gasteiger charge is 2.35. The minimum atomic E-state index is -0.393. The number of rotatable bonds is 1. The van der Waals surface area contributed by atoms with Crippen LogP contribution in [0.25, 0.3) is 0 Å². The summed E-state index contributed by atoms with van der Waals surface area (Å²) < 4.78 is 0. The first-order chi connectivity index (χ1) is 5.25. The van der Waals surface area contributed by atoms with E-state index in [1.54, 1.807) is 0 Å². The zero-order chi connectivity index (χ0) is 7.84. The van der Waals surface area contributed by atoms with E-state index in [1.165, 1.54) is 6.42 Å². The van der Waals surface area contributed by atoms with Gasteiger partial charge >= 0.3 is 6.03 Å². The van der Waals surface area contributed by atoms with Gasteiger partial charge in [0.25, 0.3) is 0 Å². The van der Waals surface area contributed by atoms with E-state index in [0.717, 1.165) is 6.42 Å². The topological polar surface area (TPSA) is 55.1 Å². The Morgan fingerprint density at radius 3 is 2.73 bits per heavy atom. The Kier molecular flexibility index (Phi) is 1.37. The largest absolute Gasteiger partial charge is 0.352 e. The van der Waals surface area contributed by atoms with Crippen LogP contribution in [0.15, 0.2) is 12.2 Å². The zero-order valence-electron chi connectivity index (χ0n) is 6.29. The molecule has 2 amide bonds. The summed E-state index contributed by atoms with van der Waals surface area (Å²) in [5, 5.41) is 2.76. The zero-order valence-corrected chi connectivity index (χ0v) is 6.29. The van der Waals surface area contributed by atoms with Crippen LogP contribution in [0.5, 0.6) is 0 Å². The molecule has 0 aromatic carbocycles. The van der Waals surface area contributed by atoms with Gasteiger partial charge in [-0.2, -0.15) is 0 Å². The van der Waals surface area contributed by atoms with Gasteiger partial charge in [0, 0.05) is 6.04 Å². The van der Waals surface area contributed by atoms with Crippen molar-refractivity contribution in [3.8, 4) is 0 Å². The van der Waals surface area contributed by atoms with Crippen LogP contribution in [0, 0.1) is 11.8 Å². The molecule has 2 aliphatic rings. The molecule has 11 heavy (non-hydrogen) atoms. The summed E-state index contributed by atoms with van der Waals surface area (Å²) in [5.41, 5.74) is 5.03. The summed E-state index contributed by atoms with van der Waals surface area (Å²) in [5.74, 6) is 1.24. The lowest BCUT2D eigenvalue weighted by molar-refractivity contribution is 0.243. The second-order valence-electron chi connectivity index (χ2n) is 3.40. The minimum Gasteiger partial charge on any atom is -0.352 e.